The third-order valence-electron chi connectivity index (χ3n) is 3.50. The molecule has 0 spiro atoms. The molecule has 0 saturated carbocycles. The van der Waals surface area contributed by atoms with Crippen molar-refractivity contribution in [2.24, 2.45) is 11.7 Å². The largest absolute Gasteiger partial charge is 0.452 e. The molecule has 112 valence electrons. The third-order valence-corrected chi connectivity index (χ3v) is 3.50. The summed E-state index contributed by atoms with van der Waals surface area (Å²) in [5.41, 5.74) is 6.90. The summed E-state index contributed by atoms with van der Waals surface area (Å²) in [6.07, 6.45) is -0.904. The fraction of sp³-hybridized carbons (Fsp3) is 0.400. The first-order valence-electron chi connectivity index (χ1n) is 6.75. The number of hydrogen-bond donors (Lipinski definition) is 1. The summed E-state index contributed by atoms with van der Waals surface area (Å²) in [6.45, 7) is 3.63. The van der Waals surface area contributed by atoms with Crippen molar-refractivity contribution in [3.05, 3.63) is 29.8 Å². The van der Waals surface area contributed by atoms with E-state index in [2.05, 4.69) is 0 Å². The normalized spacial score (nSPS) is 19.4. The Balaban J connectivity index is 2.04. The fourth-order valence-corrected chi connectivity index (χ4v) is 2.17. The van der Waals surface area contributed by atoms with Gasteiger partial charge in [0.05, 0.1) is 5.92 Å². The maximum atomic E-state index is 12.0. The molecule has 0 unspecified atom stereocenters. The van der Waals surface area contributed by atoms with E-state index in [0.717, 1.165) is 11.3 Å². The first-order valence-corrected chi connectivity index (χ1v) is 6.75. The molecule has 0 bridgehead atoms. The molecule has 1 aromatic carbocycles. The summed E-state index contributed by atoms with van der Waals surface area (Å²) < 4.78 is 4.95. The number of benzene rings is 1. The van der Waals surface area contributed by atoms with Crippen molar-refractivity contribution in [3.8, 4) is 0 Å². The summed E-state index contributed by atoms with van der Waals surface area (Å²) >= 11 is 0. The van der Waals surface area contributed by atoms with Crippen LogP contribution in [0.25, 0.3) is 0 Å². The second kappa shape index (κ2) is 5.95. The van der Waals surface area contributed by atoms with Crippen LogP contribution in [0.4, 0.5) is 5.69 Å². The Labute approximate surface area is 122 Å². The number of aryl methyl sites for hydroxylation is 1. The van der Waals surface area contributed by atoms with Crippen molar-refractivity contribution >= 4 is 23.5 Å². The highest BCUT2D eigenvalue weighted by atomic mass is 16.5. The number of anilines is 1. The maximum Gasteiger partial charge on any atom is 0.312 e. The minimum absolute atomic E-state index is 0.0815. The van der Waals surface area contributed by atoms with Crippen molar-refractivity contribution < 1.29 is 19.1 Å². The maximum absolute atomic E-state index is 12.0. The van der Waals surface area contributed by atoms with Crippen molar-refractivity contribution in [1.82, 2.24) is 0 Å². The van der Waals surface area contributed by atoms with Gasteiger partial charge >= 0.3 is 5.97 Å². The van der Waals surface area contributed by atoms with E-state index >= 15 is 0 Å². The average Bonchev–Trinajstić information content (AvgIpc) is 2.81. The molecule has 6 heteroatoms. The molecule has 0 aliphatic carbocycles. The lowest BCUT2D eigenvalue weighted by Gasteiger charge is -2.17. The minimum Gasteiger partial charge on any atom is -0.452 e. The highest BCUT2D eigenvalue weighted by Gasteiger charge is 2.37. The molecule has 1 saturated heterocycles. The molecule has 1 aromatic rings. The van der Waals surface area contributed by atoms with Crippen molar-refractivity contribution in [2.75, 3.05) is 11.4 Å². The van der Waals surface area contributed by atoms with E-state index in [1.807, 2.05) is 31.2 Å². The number of carbonyl (C=O) groups is 3. The van der Waals surface area contributed by atoms with Gasteiger partial charge in [-0.3, -0.25) is 14.4 Å². The van der Waals surface area contributed by atoms with Gasteiger partial charge in [-0.1, -0.05) is 17.7 Å². The van der Waals surface area contributed by atoms with Crippen LogP contribution in [0.15, 0.2) is 24.3 Å². The monoisotopic (exact) mass is 290 g/mol. The van der Waals surface area contributed by atoms with Gasteiger partial charge in [-0.25, -0.2) is 0 Å². The number of carbonyl (C=O) groups excluding carboxylic acids is 3. The molecule has 2 rings (SSSR count). The Hall–Kier alpha value is -2.37. The van der Waals surface area contributed by atoms with Crippen LogP contribution in [-0.4, -0.2) is 30.4 Å². The van der Waals surface area contributed by atoms with E-state index < -0.39 is 23.9 Å². The summed E-state index contributed by atoms with van der Waals surface area (Å²) in [4.78, 5) is 36.4. The zero-order valence-electron chi connectivity index (χ0n) is 12.0. The van der Waals surface area contributed by atoms with Gasteiger partial charge in [0.2, 0.25) is 5.91 Å². The van der Waals surface area contributed by atoms with Gasteiger partial charge < -0.3 is 15.4 Å². The number of amides is 2. The van der Waals surface area contributed by atoms with Gasteiger partial charge in [0.15, 0.2) is 6.10 Å². The van der Waals surface area contributed by atoms with Crippen LogP contribution in [0.3, 0.4) is 0 Å². The number of nitrogens with two attached hydrogens (primary N) is 1. The summed E-state index contributed by atoms with van der Waals surface area (Å²) in [5, 5.41) is 0. The quantitative estimate of drug-likeness (QED) is 0.829. The molecular formula is C15H18N2O4. The van der Waals surface area contributed by atoms with E-state index in [9.17, 15) is 14.4 Å². The molecule has 1 aliphatic heterocycles. The molecule has 0 radical (unpaired) electrons. The zero-order chi connectivity index (χ0) is 15.6. The highest BCUT2D eigenvalue weighted by molar-refractivity contribution is 5.99. The molecule has 2 atom stereocenters. The Kier molecular flexibility index (Phi) is 4.26. The van der Waals surface area contributed by atoms with Gasteiger partial charge in [-0.2, -0.15) is 0 Å². The van der Waals surface area contributed by atoms with Crippen molar-refractivity contribution in [1.29, 1.82) is 0 Å². The molecular weight excluding hydrogens is 272 g/mol. The van der Waals surface area contributed by atoms with E-state index in [4.69, 9.17) is 10.5 Å². The molecule has 1 fully saturated rings. The van der Waals surface area contributed by atoms with E-state index in [1.54, 1.807) is 4.90 Å². The van der Waals surface area contributed by atoms with Crippen LogP contribution in [0.5, 0.6) is 0 Å². The van der Waals surface area contributed by atoms with E-state index in [-0.39, 0.29) is 18.9 Å². The van der Waals surface area contributed by atoms with Crippen LogP contribution >= 0.6 is 0 Å². The van der Waals surface area contributed by atoms with Crippen LogP contribution in [0.2, 0.25) is 0 Å². The van der Waals surface area contributed by atoms with Crippen LogP contribution in [-0.2, 0) is 19.1 Å². The number of ether oxygens (including phenoxy) is 1. The Morgan fingerprint density at radius 1 is 1.33 bits per heavy atom. The number of nitrogens with zero attached hydrogens (tertiary/aromatic N) is 1. The van der Waals surface area contributed by atoms with E-state index in [1.165, 1.54) is 6.92 Å². The van der Waals surface area contributed by atoms with Gasteiger partial charge in [0.1, 0.15) is 0 Å². The second-order valence-corrected chi connectivity index (χ2v) is 5.22. The average molecular weight is 290 g/mol. The molecule has 6 nitrogen and oxygen atoms in total. The molecule has 2 N–H and O–H groups in total. The van der Waals surface area contributed by atoms with Gasteiger partial charge in [-0.15, -0.1) is 0 Å². The lowest BCUT2D eigenvalue weighted by molar-refractivity contribution is -0.157. The van der Waals surface area contributed by atoms with Gasteiger partial charge in [0.25, 0.3) is 5.91 Å². The Bertz CT molecular complexity index is 568. The lowest BCUT2D eigenvalue weighted by Crippen LogP contribution is -2.33. The first kappa shape index (κ1) is 15.0. The number of esters is 1. The molecule has 1 heterocycles. The van der Waals surface area contributed by atoms with Gasteiger partial charge in [0, 0.05) is 18.7 Å². The number of hydrogen-bond acceptors (Lipinski definition) is 4. The smallest absolute Gasteiger partial charge is 0.312 e. The predicted octanol–water partition coefficient (Wildman–Crippen LogP) is 0.765. The molecule has 2 amide bonds. The van der Waals surface area contributed by atoms with Gasteiger partial charge in [-0.05, 0) is 26.0 Å². The fourth-order valence-electron chi connectivity index (χ4n) is 2.17. The number of rotatable bonds is 4. The van der Waals surface area contributed by atoms with Crippen LogP contribution < -0.4 is 10.6 Å². The summed E-state index contributed by atoms with van der Waals surface area (Å²) in [7, 11) is 0. The summed E-state index contributed by atoms with van der Waals surface area (Å²) in [6, 6.07) is 7.49. The molecule has 0 aromatic heterocycles. The lowest BCUT2D eigenvalue weighted by atomic mass is 10.1. The highest BCUT2D eigenvalue weighted by Crippen LogP contribution is 2.26. The van der Waals surface area contributed by atoms with Crippen LogP contribution in [0.1, 0.15) is 18.9 Å². The van der Waals surface area contributed by atoms with Crippen LogP contribution in [0, 0.1) is 12.8 Å². The third kappa shape index (κ3) is 3.39. The first-order chi connectivity index (χ1) is 9.88. The van der Waals surface area contributed by atoms with E-state index in [0.29, 0.717) is 0 Å². The summed E-state index contributed by atoms with van der Waals surface area (Å²) in [5.74, 6) is -1.97. The second-order valence-electron chi connectivity index (χ2n) is 5.22. The molecule has 1 aliphatic rings. The van der Waals surface area contributed by atoms with Crippen molar-refractivity contribution in [2.45, 2.75) is 26.4 Å². The molecule has 21 heavy (non-hydrogen) atoms. The topological polar surface area (TPSA) is 89.7 Å². The Morgan fingerprint density at radius 2 is 1.95 bits per heavy atom. The van der Waals surface area contributed by atoms with Crippen molar-refractivity contribution in [3.63, 3.8) is 0 Å². The minimum atomic E-state index is -0.985. The SMILES string of the molecule is Cc1ccc(N2C[C@@H](C(=O)O[C@H](C)C(N)=O)CC2=O)cc1. The Morgan fingerprint density at radius 3 is 2.52 bits per heavy atom. The standard InChI is InChI=1S/C15H18N2O4/c1-9-3-5-12(6-4-9)17-8-11(7-13(17)18)15(20)21-10(2)14(16)19/h3-6,10-11H,7-8H2,1-2H3,(H2,16,19)/t10-,11+/m1/s1. The zero-order valence-corrected chi connectivity index (χ0v) is 12.0. The number of primary amides is 1. The predicted molar refractivity (Wildman–Crippen MR) is 76.4 cm³/mol.